The molecule has 1 aromatic carbocycles. The van der Waals surface area contributed by atoms with E-state index in [-0.39, 0.29) is 23.2 Å². The number of piperidine rings is 1. The highest BCUT2D eigenvalue weighted by Crippen LogP contribution is 2.42. The molecule has 32 heavy (non-hydrogen) atoms. The van der Waals surface area contributed by atoms with Crippen LogP contribution in [0.5, 0.6) is 0 Å². The summed E-state index contributed by atoms with van der Waals surface area (Å²) in [5.41, 5.74) is 9.95. The van der Waals surface area contributed by atoms with E-state index in [1.54, 1.807) is 16.8 Å². The number of rotatable bonds is 7. The van der Waals surface area contributed by atoms with Crippen LogP contribution in [0.1, 0.15) is 58.8 Å². The molecular weight excluding hydrogens is 420 g/mol. The van der Waals surface area contributed by atoms with E-state index < -0.39 is 0 Å². The molecule has 0 radical (unpaired) electrons. The number of nitrogens with two attached hydrogens (primary N) is 1. The van der Waals surface area contributed by atoms with E-state index in [0.29, 0.717) is 12.1 Å². The molecule has 1 aromatic rings. The van der Waals surface area contributed by atoms with Crippen LogP contribution in [0, 0.1) is 5.41 Å². The van der Waals surface area contributed by atoms with Crippen molar-refractivity contribution >= 4 is 29.3 Å². The van der Waals surface area contributed by atoms with Gasteiger partial charge in [0, 0.05) is 30.1 Å². The molecule has 3 aliphatic heterocycles. The fourth-order valence-corrected chi connectivity index (χ4v) is 6.87. The number of likely N-dealkylation sites (tertiary alicyclic amines) is 1. The van der Waals surface area contributed by atoms with E-state index >= 15 is 0 Å². The predicted molar refractivity (Wildman–Crippen MR) is 132 cm³/mol. The molecule has 7 nitrogen and oxygen atoms in total. The van der Waals surface area contributed by atoms with Crippen LogP contribution >= 0.6 is 11.8 Å². The third-order valence-electron chi connectivity index (χ3n) is 7.26. The van der Waals surface area contributed by atoms with Gasteiger partial charge in [0.05, 0.1) is 11.7 Å². The van der Waals surface area contributed by atoms with Gasteiger partial charge in [0.2, 0.25) is 11.9 Å². The molecular formula is C24H38N6OS. The zero-order chi connectivity index (χ0) is 22.7. The summed E-state index contributed by atoms with van der Waals surface area (Å²) in [6.45, 7) is 7.37. The molecule has 0 aliphatic carbocycles. The van der Waals surface area contributed by atoms with E-state index in [2.05, 4.69) is 36.3 Å². The minimum Gasteiger partial charge on any atom is -0.369 e. The van der Waals surface area contributed by atoms with Gasteiger partial charge >= 0.3 is 0 Å². The second-order valence-corrected chi connectivity index (χ2v) is 10.6. The molecule has 3 aliphatic rings. The molecule has 4 N–H and O–H groups in total. The fourth-order valence-electron chi connectivity index (χ4n) is 5.50. The Kier molecular flexibility index (Phi) is 7.63. The van der Waals surface area contributed by atoms with E-state index in [4.69, 9.17) is 11.1 Å². The van der Waals surface area contributed by atoms with Crippen molar-refractivity contribution in [1.29, 1.82) is 5.41 Å². The Morgan fingerprint density at radius 2 is 1.84 bits per heavy atom. The Labute approximate surface area is 196 Å². The van der Waals surface area contributed by atoms with Gasteiger partial charge in [-0.3, -0.25) is 20.1 Å². The Balaban J connectivity index is 1.37. The quantitative estimate of drug-likeness (QED) is 0.330. The summed E-state index contributed by atoms with van der Waals surface area (Å²) in [7, 11) is 0. The summed E-state index contributed by atoms with van der Waals surface area (Å²) >= 11 is 1.62. The Hall–Kier alpha value is -1.77. The summed E-state index contributed by atoms with van der Waals surface area (Å²) in [6, 6.07) is 9.50. The third kappa shape index (κ3) is 4.92. The van der Waals surface area contributed by atoms with Crippen molar-refractivity contribution in [3.05, 3.63) is 24.3 Å². The lowest BCUT2D eigenvalue weighted by Crippen LogP contribution is -2.55. The molecule has 0 spiro atoms. The fraction of sp³-hybridized carbons (Fsp3) is 0.667. The van der Waals surface area contributed by atoms with E-state index in [1.165, 1.54) is 25.7 Å². The highest BCUT2D eigenvalue weighted by Gasteiger charge is 2.43. The summed E-state index contributed by atoms with van der Waals surface area (Å²) < 4.78 is 0. The number of amides is 1. The van der Waals surface area contributed by atoms with Crippen LogP contribution in [0.15, 0.2) is 29.2 Å². The van der Waals surface area contributed by atoms with E-state index in [1.807, 2.05) is 17.0 Å². The molecule has 0 saturated carbocycles. The Morgan fingerprint density at radius 3 is 2.59 bits per heavy atom. The number of thioether (sulfide) groups is 1. The van der Waals surface area contributed by atoms with E-state index in [0.717, 1.165) is 49.5 Å². The molecule has 2 unspecified atom stereocenters. The average Bonchev–Trinajstić information content (AvgIpc) is 3.26. The first-order valence-electron chi connectivity index (χ1n) is 12.2. The first-order valence-corrected chi connectivity index (χ1v) is 13.0. The van der Waals surface area contributed by atoms with Crippen LogP contribution in [-0.2, 0) is 4.79 Å². The minimum absolute atomic E-state index is 0.0209. The van der Waals surface area contributed by atoms with Crippen LogP contribution < -0.4 is 16.1 Å². The first kappa shape index (κ1) is 23.4. The van der Waals surface area contributed by atoms with Crippen molar-refractivity contribution in [2.75, 3.05) is 24.5 Å². The van der Waals surface area contributed by atoms with Gasteiger partial charge in [-0.15, -0.1) is 11.8 Å². The van der Waals surface area contributed by atoms with Crippen LogP contribution in [0.25, 0.3) is 0 Å². The number of para-hydroxylation sites is 1. The second-order valence-electron chi connectivity index (χ2n) is 9.44. The van der Waals surface area contributed by atoms with Crippen LogP contribution in [0.2, 0.25) is 0 Å². The molecule has 0 aromatic heterocycles. The highest BCUT2D eigenvalue weighted by molar-refractivity contribution is 8.01. The van der Waals surface area contributed by atoms with Crippen molar-refractivity contribution in [2.45, 2.75) is 87.1 Å². The van der Waals surface area contributed by atoms with Gasteiger partial charge < -0.3 is 10.6 Å². The van der Waals surface area contributed by atoms with Crippen LogP contribution in [0.4, 0.5) is 5.69 Å². The van der Waals surface area contributed by atoms with Crippen molar-refractivity contribution in [1.82, 2.24) is 15.3 Å². The number of benzene rings is 1. The SMILES string of the molecule is C[C@@H]1CCC[C@H](C)N1CCCCCN1C(=O)C(C2CCNN2C(=N)N)Sc2ccccc21. The number of hydrogen-bond donors (Lipinski definition) is 3. The number of carbonyl (C=O) groups is 1. The monoisotopic (exact) mass is 458 g/mol. The van der Waals surface area contributed by atoms with Crippen molar-refractivity contribution in [3.63, 3.8) is 0 Å². The molecule has 4 rings (SSSR count). The lowest BCUT2D eigenvalue weighted by molar-refractivity contribution is -0.119. The number of hydrazine groups is 1. The number of hydrogen-bond acceptors (Lipinski definition) is 5. The number of fused-ring (bicyclic) bond motifs is 1. The van der Waals surface area contributed by atoms with Gasteiger partial charge in [0.15, 0.2) is 0 Å². The zero-order valence-corrected chi connectivity index (χ0v) is 20.2. The number of carbonyl (C=O) groups excluding carboxylic acids is 1. The number of unbranched alkanes of at least 4 members (excludes halogenated alkanes) is 2. The van der Waals surface area contributed by atoms with Crippen LogP contribution in [-0.4, -0.2) is 64.8 Å². The number of guanidine groups is 1. The van der Waals surface area contributed by atoms with Gasteiger partial charge in [-0.25, -0.2) is 5.43 Å². The Morgan fingerprint density at radius 1 is 1.12 bits per heavy atom. The summed E-state index contributed by atoms with van der Waals surface area (Å²) in [4.78, 5) is 19.4. The maximum absolute atomic E-state index is 13.6. The van der Waals surface area contributed by atoms with Gasteiger partial charge in [-0.2, -0.15) is 0 Å². The standard InChI is InChI=1S/C24H38N6OS/c1-17-9-8-10-18(2)28(17)15-6-3-7-16-29-19-11-4-5-12-21(19)32-22(23(29)31)20-13-14-27-30(20)24(25)26/h4-5,11-12,17-18,20,22,27H,3,6-10,13-16H2,1-2H3,(H3,25,26)/t17-,18+,20?,22?. The summed E-state index contributed by atoms with van der Waals surface area (Å²) in [5, 5.41) is 9.29. The molecule has 176 valence electrons. The molecule has 1 amide bonds. The van der Waals surface area contributed by atoms with Crippen molar-refractivity contribution < 1.29 is 4.79 Å². The van der Waals surface area contributed by atoms with Gasteiger partial charge in [0.25, 0.3) is 0 Å². The molecule has 2 saturated heterocycles. The van der Waals surface area contributed by atoms with E-state index in [9.17, 15) is 4.79 Å². The van der Waals surface area contributed by atoms with Gasteiger partial charge in [-0.1, -0.05) is 25.0 Å². The minimum atomic E-state index is -0.251. The molecule has 0 bridgehead atoms. The molecule has 2 fully saturated rings. The maximum atomic E-state index is 13.6. The predicted octanol–water partition coefficient (Wildman–Crippen LogP) is 3.40. The largest absolute Gasteiger partial charge is 0.369 e. The smallest absolute Gasteiger partial charge is 0.242 e. The highest BCUT2D eigenvalue weighted by atomic mass is 32.2. The molecule has 3 heterocycles. The maximum Gasteiger partial charge on any atom is 0.242 e. The summed E-state index contributed by atoms with van der Waals surface area (Å²) in [5.74, 6) is 0.124. The number of nitrogens with zero attached hydrogens (tertiary/aromatic N) is 3. The van der Waals surface area contributed by atoms with Gasteiger partial charge in [-0.05, 0) is 64.6 Å². The summed E-state index contributed by atoms with van der Waals surface area (Å²) in [6.07, 6.45) is 8.11. The number of nitrogens with one attached hydrogen (secondary N) is 2. The zero-order valence-electron chi connectivity index (χ0n) is 19.4. The topological polar surface area (TPSA) is 88.7 Å². The lowest BCUT2D eigenvalue weighted by Gasteiger charge is -2.39. The normalized spacial score (nSPS) is 28.8. The van der Waals surface area contributed by atoms with Crippen molar-refractivity contribution in [2.24, 2.45) is 5.73 Å². The lowest BCUT2D eigenvalue weighted by atomic mass is 9.97. The average molecular weight is 459 g/mol. The Bertz CT molecular complexity index is 809. The van der Waals surface area contributed by atoms with Crippen LogP contribution in [0.3, 0.4) is 0 Å². The first-order chi connectivity index (χ1) is 15.5. The second kappa shape index (κ2) is 10.4. The molecule has 8 heteroatoms. The number of anilines is 1. The van der Waals surface area contributed by atoms with Crippen molar-refractivity contribution in [3.8, 4) is 0 Å². The van der Waals surface area contributed by atoms with Gasteiger partial charge in [0.1, 0.15) is 5.25 Å². The third-order valence-corrected chi connectivity index (χ3v) is 8.63. The molecule has 4 atom stereocenters.